The van der Waals surface area contributed by atoms with Crippen LogP contribution in [0.3, 0.4) is 0 Å². The van der Waals surface area contributed by atoms with E-state index in [9.17, 15) is 15.0 Å². The maximum Gasteiger partial charge on any atom is 0.235 e. The highest BCUT2D eigenvalue weighted by Gasteiger charge is 2.30. The molecule has 1 fully saturated rings. The summed E-state index contributed by atoms with van der Waals surface area (Å²) >= 11 is 0. The summed E-state index contributed by atoms with van der Waals surface area (Å²) in [5, 5.41) is 21.5. The second-order valence-corrected chi connectivity index (χ2v) is 7.47. The average molecular weight is 426 g/mol. The third-order valence-electron chi connectivity index (χ3n) is 5.49. The number of ketones is 1. The number of rotatable bonds is 7. The third-order valence-corrected chi connectivity index (χ3v) is 5.49. The number of methoxy groups -OCH3 is 1. The molecule has 0 radical (unpaired) electrons. The van der Waals surface area contributed by atoms with Gasteiger partial charge in [0.25, 0.3) is 0 Å². The number of ether oxygens (including phenoxy) is 2. The second kappa shape index (κ2) is 8.87. The standard InChI is InChI=1S/C23H26N2O6/c1-15-6-7-18(31-15)21(26)19-20(16-4-3-5-17(14-16)29-2)25(23(28)22(19)27)9-8-24-10-12-30-13-11-24/h3-7,14,27-28H,8-13H2,1-2H3. The molecule has 1 aliphatic rings. The summed E-state index contributed by atoms with van der Waals surface area (Å²) in [5.41, 5.74) is 1.06. The smallest absolute Gasteiger partial charge is 0.235 e. The number of aryl methyl sites for hydroxylation is 1. The third kappa shape index (κ3) is 4.17. The molecule has 0 bridgehead atoms. The molecule has 0 spiro atoms. The Balaban J connectivity index is 1.80. The van der Waals surface area contributed by atoms with Gasteiger partial charge in [-0.3, -0.25) is 9.69 Å². The molecule has 0 amide bonds. The predicted octanol–water partition coefficient (Wildman–Crippen LogP) is 3.04. The summed E-state index contributed by atoms with van der Waals surface area (Å²) in [6, 6.07) is 10.4. The van der Waals surface area contributed by atoms with Crippen LogP contribution >= 0.6 is 0 Å². The van der Waals surface area contributed by atoms with E-state index in [4.69, 9.17) is 13.9 Å². The first-order valence-corrected chi connectivity index (χ1v) is 10.2. The highest BCUT2D eigenvalue weighted by atomic mass is 16.5. The van der Waals surface area contributed by atoms with Gasteiger partial charge >= 0.3 is 0 Å². The highest BCUT2D eigenvalue weighted by Crippen LogP contribution is 2.42. The summed E-state index contributed by atoms with van der Waals surface area (Å²) in [6.07, 6.45) is 0. The van der Waals surface area contributed by atoms with Gasteiger partial charge in [-0.2, -0.15) is 0 Å². The van der Waals surface area contributed by atoms with Gasteiger partial charge in [0.05, 0.1) is 31.6 Å². The van der Waals surface area contributed by atoms with Crippen molar-refractivity contribution in [3.8, 4) is 28.6 Å². The number of carbonyl (C=O) groups is 1. The fraction of sp³-hybridized carbons (Fsp3) is 0.348. The average Bonchev–Trinajstić information content (AvgIpc) is 3.34. The van der Waals surface area contributed by atoms with Crippen molar-refractivity contribution in [3.05, 3.63) is 53.5 Å². The Morgan fingerprint density at radius 2 is 1.90 bits per heavy atom. The minimum atomic E-state index is -0.496. The monoisotopic (exact) mass is 426 g/mol. The van der Waals surface area contributed by atoms with Crippen LogP contribution in [0.4, 0.5) is 0 Å². The van der Waals surface area contributed by atoms with Crippen LogP contribution in [0, 0.1) is 6.92 Å². The summed E-state index contributed by atoms with van der Waals surface area (Å²) in [4.78, 5) is 15.5. The molecule has 0 saturated carbocycles. The molecule has 0 atom stereocenters. The normalized spacial score (nSPS) is 14.6. The molecule has 2 N–H and O–H groups in total. The van der Waals surface area contributed by atoms with Crippen LogP contribution < -0.4 is 4.74 Å². The molecule has 1 saturated heterocycles. The summed E-state index contributed by atoms with van der Waals surface area (Å²) in [5.74, 6) is -0.0194. The van der Waals surface area contributed by atoms with Crippen molar-refractivity contribution in [2.45, 2.75) is 13.5 Å². The van der Waals surface area contributed by atoms with Crippen molar-refractivity contribution >= 4 is 5.78 Å². The summed E-state index contributed by atoms with van der Waals surface area (Å²) in [7, 11) is 1.56. The lowest BCUT2D eigenvalue weighted by atomic mass is 10.0. The predicted molar refractivity (Wildman–Crippen MR) is 114 cm³/mol. The number of aromatic hydroxyl groups is 2. The molecule has 3 aromatic rings. The van der Waals surface area contributed by atoms with Crippen LogP contribution in [0.1, 0.15) is 21.9 Å². The van der Waals surface area contributed by atoms with Crippen molar-refractivity contribution in [2.75, 3.05) is 40.0 Å². The van der Waals surface area contributed by atoms with Gasteiger partial charge in [0, 0.05) is 31.7 Å². The first-order chi connectivity index (χ1) is 15.0. The largest absolute Gasteiger partial charge is 0.503 e. The molecule has 2 aromatic heterocycles. The van der Waals surface area contributed by atoms with Crippen LogP contribution in [0.15, 0.2) is 40.8 Å². The molecule has 0 unspecified atom stereocenters. The number of benzene rings is 1. The SMILES string of the molecule is COc1cccc(-c2c(C(=O)c3ccc(C)o3)c(O)c(O)n2CCN2CCOCC2)c1. The van der Waals surface area contributed by atoms with E-state index < -0.39 is 11.5 Å². The maximum atomic E-state index is 13.3. The summed E-state index contributed by atoms with van der Waals surface area (Å²) in [6.45, 7) is 5.66. The Kier molecular flexibility index (Phi) is 6.01. The molecular formula is C23H26N2O6. The van der Waals surface area contributed by atoms with E-state index in [0.29, 0.717) is 49.1 Å². The molecule has 4 rings (SSSR count). The summed E-state index contributed by atoms with van der Waals surface area (Å²) < 4.78 is 17.8. The van der Waals surface area contributed by atoms with Gasteiger partial charge in [0.2, 0.25) is 11.7 Å². The minimum Gasteiger partial charge on any atom is -0.503 e. The van der Waals surface area contributed by atoms with Gasteiger partial charge in [-0.1, -0.05) is 12.1 Å². The van der Waals surface area contributed by atoms with Crippen LogP contribution in [-0.2, 0) is 11.3 Å². The van der Waals surface area contributed by atoms with Gasteiger partial charge in [0.1, 0.15) is 11.5 Å². The lowest BCUT2D eigenvalue weighted by molar-refractivity contribution is 0.0362. The van der Waals surface area contributed by atoms with E-state index in [0.717, 1.165) is 13.1 Å². The first-order valence-electron chi connectivity index (χ1n) is 10.2. The zero-order valence-corrected chi connectivity index (χ0v) is 17.6. The molecule has 8 nitrogen and oxygen atoms in total. The van der Waals surface area contributed by atoms with E-state index >= 15 is 0 Å². The van der Waals surface area contributed by atoms with Crippen LogP contribution in [-0.4, -0.2) is 65.4 Å². The number of hydrogen-bond donors (Lipinski definition) is 2. The number of furan rings is 1. The van der Waals surface area contributed by atoms with E-state index in [1.54, 1.807) is 48.9 Å². The molecule has 1 aliphatic heterocycles. The Bertz CT molecular complexity index is 1080. The molecule has 164 valence electrons. The van der Waals surface area contributed by atoms with Crippen molar-refractivity contribution < 1.29 is 28.9 Å². The van der Waals surface area contributed by atoms with Crippen LogP contribution in [0.5, 0.6) is 17.4 Å². The topological polar surface area (TPSA) is 97.3 Å². The molecule has 31 heavy (non-hydrogen) atoms. The molecule has 8 heteroatoms. The Hall–Kier alpha value is -3.23. The Morgan fingerprint density at radius 1 is 1.13 bits per heavy atom. The van der Waals surface area contributed by atoms with Gasteiger partial charge in [-0.25, -0.2) is 0 Å². The molecule has 1 aromatic carbocycles. The molecule has 3 heterocycles. The van der Waals surface area contributed by atoms with Crippen molar-refractivity contribution in [3.63, 3.8) is 0 Å². The molecule has 0 aliphatic carbocycles. The van der Waals surface area contributed by atoms with Crippen molar-refractivity contribution in [1.82, 2.24) is 9.47 Å². The van der Waals surface area contributed by atoms with Gasteiger partial charge in [0.15, 0.2) is 11.5 Å². The number of aromatic nitrogens is 1. The molecular weight excluding hydrogens is 400 g/mol. The van der Waals surface area contributed by atoms with Crippen LogP contribution in [0.2, 0.25) is 0 Å². The van der Waals surface area contributed by atoms with Gasteiger partial charge in [-0.05, 0) is 31.2 Å². The fourth-order valence-electron chi connectivity index (χ4n) is 3.84. The number of nitrogens with zero attached hydrogens (tertiary/aromatic N) is 2. The van der Waals surface area contributed by atoms with E-state index in [2.05, 4.69) is 4.90 Å². The zero-order valence-electron chi connectivity index (χ0n) is 17.6. The first kappa shape index (κ1) is 21.0. The van der Waals surface area contributed by atoms with Gasteiger partial charge in [-0.15, -0.1) is 0 Å². The van der Waals surface area contributed by atoms with E-state index in [1.165, 1.54) is 0 Å². The van der Waals surface area contributed by atoms with Crippen molar-refractivity contribution in [2.24, 2.45) is 0 Å². The zero-order chi connectivity index (χ0) is 22.0. The highest BCUT2D eigenvalue weighted by molar-refractivity contribution is 6.13. The van der Waals surface area contributed by atoms with Crippen LogP contribution in [0.25, 0.3) is 11.3 Å². The fourth-order valence-corrected chi connectivity index (χ4v) is 3.84. The van der Waals surface area contributed by atoms with Crippen molar-refractivity contribution in [1.29, 1.82) is 0 Å². The number of hydrogen-bond acceptors (Lipinski definition) is 7. The number of morpholine rings is 1. The minimum absolute atomic E-state index is 0.00193. The van der Waals surface area contributed by atoms with Gasteiger partial charge < -0.3 is 28.7 Å². The number of carbonyl (C=O) groups excluding carboxylic acids is 1. The Labute approximate surface area is 180 Å². The maximum absolute atomic E-state index is 13.3. The van der Waals surface area contributed by atoms with E-state index in [1.807, 2.05) is 6.07 Å². The van der Waals surface area contributed by atoms with E-state index in [-0.39, 0.29) is 17.2 Å². The second-order valence-electron chi connectivity index (χ2n) is 7.47. The Morgan fingerprint density at radius 3 is 2.58 bits per heavy atom. The lowest BCUT2D eigenvalue weighted by Crippen LogP contribution is -2.38. The quantitative estimate of drug-likeness (QED) is 0.561. The lowest BCUT2D eigenvalue weighted by Gasteiger charge is -2.27.